The van der Waals surface area contributed by atoms with E-state index in [-0.39, 0.29) is 31.8 Å². The maximum absolute atomic E-state index is 12.3. The number of carbonyl (C=O) groups excluding carboxylic acids is 4. The molecule has 0 aromatic carbocycles. The smallest absolute Gasteiger partial charge is 0.333 e. The number of allylic oxidation sites excluding steroid dienone is 1. The molecule has 0 rings (SSSR count). The number of hydrogen-bond donors (Lipinski definition) is 0. The van der Waals surface area contributed by atoms with E-state index in [4.69, 9.17) is 14.2 Å². The van der Waals surface area contributed by atoms with Gasteiger partial charge in [-0.15, -0.1) is 0 Å². The van der Waals surface area contributed by atoms with Crippen LogP contribution in [-0.2, 0) is 33.4 Å². The predicted molar refractivity (Wildman–Crippen MR) is 128 cm³/mol. The fraction of sp³-hybridized carbons (Fsp3) is 0.769. The van der Waals surface area contributed by atoms with Crippen LogP contribution in [0.3, 0.4) is 0 Å². The number of hydrogen-bond acceptors (Lipinski definition) is 7. The first-order valence-corrected chi connectivity index (χ1v) is 12.5. The van der Waals surface area contributed by atoms with Gasteiger partial charge in [0, 0.05) is 18.4 Å². The van der Waals surface area contributed by atoms with Gasteiger partial charge < -0.3 is 14.2 Å². The van der Waals surface area contributed by atoms with Crippen molar-refractivity contribution in [2.24, 2.45) is 5.92 Å². The van der Waals surface area contributed by atoms with Crippen LogP contribution in [0.1, 0.15) is 105 Å². The summed E-state index contributed by atoms with van der Waals surface area (Å²) in [4.78, 5) is 47.9. The predicted octanol–water partition coefficient (Wildman–Crippen LogP) is 5.49. The van der Waals surface area contributed by atoms with Crippen LogP contribution in [0.5, 0.6) is 0 Å². The molecule has 0 aromatic heterocycles. The summed E-state index contributed by atoms with van der Waals surface area (Å²) in [5.41, 5.74) is 0.425. The van der Waals surface area contributed by atoms with Gasteiger partial charge in [0.2, 0.25) is 0 Å². The monoisotopic (exact) mass is 468 g/mol. The van der Waals surface area contributed by atoms with Gasteiger partial charge in [-0.1, -0.05) is 71.3 Å². The molecule has 7 nitrogen and oxygen atoms in total. The SMILES string of the molecule is C/C=C(/C)C(=O)OC[C@H](COC(=O)C(C)C(=O)CC)OC(=O)CCCCCCCCCCC. The van der Waals surface area contributed by atoms with Crippen molar-refractivity contribution in [3.05, 3.63) is 11.6 Å². The Bertz CT molecular complexity index is 624. The molecule has 0 spiro atoms. The number of unbranched alkanes of at least 4 members (excludes halogenated alkanes) is 8. The maximum Gasteiger partial charge on any atom is 0.333 e. The fourth-order valence-electron chi connectivity index (χ4n) is 3.08. The van der Waals surface area contributed by atoms with Gasteiger partial charge in [-0.05, 0) is 27.2 Å². The van der Waals surface area contributed by atoms with Gasteiger partial charge in [0.05, 0.1) is 0 Å². The third-order valence-electron chi connectivity index (χ3n) is 5.53. The summed E-state index contributed by atoms with van der Waals surface area (Å²) in [6, 6.07) is 0. The summed E-state index contributed by atoms with van der Waals surface area (Å²) in [5, 5.41) is 0. The lowest BCUT2D eigenvalue weighted by Gasteiger charge is -2.19. The zero-order valence-corrected chi connectivity index (χ0v) is 21.3. The van der Waals surface area contributed by atoms with Crippen molar-refractivity contribution in [2.75, 3.05) is 13.2 Å². The number of ether oxygens (including phenoxy) is 3. The molecule has 7 heteroatoms. The molecule has 0 bridgehead atoms. The molecule has 0 saturated carbocycles. The minimum atomic E-state index is -0.919. The van der Waals surface area contributed by atoms with Gasteiger partial charge in [0.1, 0.15) is 24.9 Å². The molecule has 0 N–H and O–H groups in total. The molecule has 0 aliphatic rings. The lowest BCUT2D eigenvalue weighted by Crippen LogP contribution is -2.33. The Morgan fingerprint density at radius 3 is 1.91 bits per heavy atom. The summed E-state index contributed by atoms with van der Waals surface area (Å²) in [5.74, 6) is -2.75. The van der Waals surface area contributed by atoms with Crippen LogP contribution in [-0.4, -0.2) is 43.0 Å². The topological polar surface area (TPSA) is 96.0 Å². The van der Waals surface area contributed by atoms with E-state index in [0.717, 1.165) is 19.3 Å². The summed E-state index contributed by atoms with van der Waals surface area (Å²) in [6.07, 6.45) is 11.4. The molecular formula is C26H44O7. The van der Waals surface area contributed by atoms with Crippen LogP contribution < -0.4 is 0 Å². The Morgan fingerprint density at radius 1 is 0.818 bits per heavy atom. The lowest BCUT2D eigenvalue weighted by atomic mass is 10.1. The molecule has 0 aliphatic carbocycles. The van der Waals surface area contributed by atoms with Crippen molar-refractivity contribution in [2.45, 2.75) is 111 Å². The maximum atomic E-state index is 12.3. The van der Waals surface area contributed by atoms with Crippen molar-refractivity contribution >= 4 is 23.7 Å². The van der Waals surface area contributed by atoms with Crippen molar-refractivity contribution in [1.29, 1.82) is 0 Å². The molecule has 0 radical (unpaired) electrons. The molecule has 33 heavy (non-hydrogen) atoms. The molecule has 0 amide bonds. The van der Waals surface area contributed by atoms with E-state index in [1.54, 1.807) is 26.8 Å². The third kappa shape index (κ3) is 15.3. The summed E-state index contributed by atoms with van der Waals surface area (Å²) >= 11 is 0. The molecule has 0 fully saturated rings. The Morgan fingerprint density at radius 2 is 1.36 bits per heavy atom. The highest BCUT2D eigenvalue weighted by atomic mass is 16.6. The van der Waals surface area contributed by atoms with Crippen LogP contribution in [0.4, 0.5) is 0 Å². The highest BCUT2D eigenvalue weighted by molar-refractivity contribution is 5.98. The van der Waals surface area contributed by atoms with E-state index in [2.05, 4.69) is 6.92 Å². The first-order chi connectivity index (χ1) is 15.8. The zero-order chi connectivity index (χ0) is 25.1. The first-order valence-electron chi connectivity index (χ1n) is 12.5. The average molecular weight is 469 g/mol. The fourth-order valence-corrected chi connectivity index (χ4v) is 3.08. The minimum absolute atomic E-state index is 0.225. The van der Waals surface area contributed by atoms with Gasteiger partial charge in [-0.2, -0.15) is 0 Å². The lowest BCUT2D eigenvalue weighted by molar-refractivity contribution is -0.167. The number of ketones is 1. The number of rotatable bonds is 19. The van der Waals surface area contributed by atoms with Crippen LogP contribution in [0.15, 0.2) is 11.6 Å². The quantitative estimate of drug-likeness (QED) is 0.0813. The Kier molecular flexibility index (Phi) is 18.0. The Labute approximate surface area is 199 Å². The van der Waals surface area contributed by atoms with E-state index in [1.807, 2.05) is 0 Å². The number of Topliss-reactive ketones (excluding diaryl/α,β-unsaturated/α-hetero) is 1. The van der Waals surface area contributed by atoms with Crippen LogP contribution in [0, 0.1) is 5.92 Å². The Balaban J connectivity index is 4.50. The van der Waals surface area contributed by atoms with Gasteiger partial charge in [-0.3, -0.25) is 14.4 Å². The standard InChI is InChI=1S/C26H44O7/c1-6-9-10-11-12-13-14-15-16-17-24(28)33-22(18-31-25(29)20(4)7-2)19-32-26(30)21(5)23(27)8-3/h7,21-22H,6,8-19H2,1-5H3/b20-7-/t21?,22-/m1/s1. The minimum Gasteiger partial charge on any atom is -0.461 e. The van der Waals surface area contributed by atoms with Gasteiger partial charge in [0.15, 0.2) is 6.10 Å². The molecule has 0 heterocycles. The van der Waals surface area contributed by atoms with Crippen LogP contribution in [0.25, 0.3) is 0 Å². The third-order valence-corrected chi connectivity index (χ3v) is 5.53. The molecule has 1 unspecified atom stereocenters. The number of esters is 3. The highest BCUT2D eigenvalue weighted by Crippen LogP contribution is 2.12. The molecule has 0 aliphatic heterocycles. The second-order valence-electron chi connectivity index (χ2n) is 8.43. The second-order valence-corrected chi connectivity index (χ2v) is 8.43. The molecule has 0 aromatic rings. The van der Waals surface area contributed by atoms with Gasteiger partial charge in [-0.25, -0.2) is 4.79 Å². The van der Waals surface area contributed by atoms with Gasteiger partial charge >= 0.3 is 17.9 Å². The zero-order valence-electron chi connectivity index (χ0n) is 21.3. The molecular weight excluding hydrogens is 424 g/mol. The van der Waals surface area contributed by atoms with Crippen molar-refractivity contribution in [1.82, 2.24) is 0 Å². The highest BCUT2D eigenvalue weighted by Gasteiger charge is 2.24. The molecule has 2 atom stereocenters. The summed E-state index contributed by atoms with van der Waals surface area (Å²) < 4.78 is 15.7. The van der Waals surface area contributed by atoms with Crippen LogP contribution in [0.2, 0.25) is 0 Å². The van der Waals surface area contributed by atoms with Crippen molar-refractivity contribution in [3.8, 4) is 0 Å². The summed E-state index contributed by atoms with van der Waals surface area (Å²) in [6.45, 7) is 8.19. The second kappa shape index (κ2) is 19.3. The molecule has 190 valence electrons. The van der Waals surface area contributed by atoms with E-state index in [0.29, 0.717) is 5.57 Å². The molecule has 0 saturated heterocycles. The van der Waals surface area contributed by atoms with Crippen LogP contribution >= 0.6 is 0 Å². The normalized spacial score (nSPS) is 13.2. The first kappa shape index (κ1) is 30.8. The number of carbonyl (C=O) groups is 4. The van der Waals surface area contributed by atoms with E-state index in [1.165, 1.54) is 45.4 Å². The van der Waals surface area contributed by atoms with E-state index >= 15 is 0 Å². The summed E-state index contributed by atoms with van der Waals surface area (Å²) in [7, 11) is 0. The average Bonchev–Trinajstić information content (AvgIpc) is 2.82. The Hall–Kier alpha value is -2.18. The van der Waals surface area contributed by atoms with Crippen molar-refractivity contribution in [3.63, 3.8) is 0 Å². The van der Waals surface area contributed by atoms with Gasteiger partial charge in [0.25, 0.3) is 0 Å². The van der Waals surface area contributed by atoms with Crippen molar-refractivity contribution < 1.29 is 33.4 Å². The van der Waals surface area contributed by atoms with E-state index < -0.39 is 29.9 Å². The van der Waals surface area contributed by atoms with E-state index in [9.17, 15) is 19.2 Å². The largest absolute Gasteiger partial charge is 0.461 e.